The van der Waals surface area contributed by atoms with Crippen LogP contribution >= 0.6 is 11.8 Å². The number of hydrogen-bond donors (Lipinski definition) is 2. The summed E-state index contributed by atoms with van der Waals surface area (Å²) in [5.74, 6) is 0.0430. The number of rotatable bonds is 7. The number of hydrogen-bond acceptors (Lipinski definition) is 6. The topological polar surface area (TPSA) is 102 Å². The van der Waals surface area contributed by atoms with Gasteiger partial charge in [-0.15, -0.1) is 0 Å². The van der Waals surface area contributed by atoms with Crippen molar-refractivity contribution in [3.63, 3.8) is 0 Å². The Morgan fingerprint density at radius 2 is 1.90 bits per heavy atom. The van der Waals surface area contributed by atoms with Crippen LogP contribution in [0, 0.1) is 0 Å². The number of nitrogens with zero attached hydrogens (tertiary/aromatic N) is 2. The predicted octanol–water partition coefficient (Wildman–Crippen LogP) is 3.34. The van der Waals surface area contributed by atoms with Gasteiger partial charge < -0.3 is 14.6 Å². The highest BCUT2D eigenvalue weighted by atomic mass is 32.2. The molecule has 0 radical (unpaired) electrons. The molecule has 0 saturated heterocycles. The number of amides is 1. The van der Waals surface area contributed by atoms with Crippen LogP contribution in [0.2, 0.25) is 0 Å². The van der Waals surface area contributed by atoms with Crippen molar-refractivity contribution in [3.05, 3.63) is 54.9 Å². The number of carbonyl (C=O) groups excluding carboxylic acids is 1. The Balaban J connectivity index is 1.78. The van der Waals surface area contributed by atoms with Crippen LogP contribution in [-0.2, 0) is 21.9 Å². The number of nitrogens with one attached hydrogen (secondary N) is 2. The molecule has 0 aliphatic rings. The first kappa shape index (κ1) is 20.7. The van der Waals surface area contributed by atoms with E-state index in [1.54, 1.807) is 18.3 Å². The first-order chi connectivity index (χ1) is 13.8. The Labute approximate surface area is 173 Å². The zero-order valence-electron chi connectivity index (χ0n) is 16.0. The van der Waals surface area contributed by atoms with Gasteiger partial charge in [0, 0.05) is 36.9 Å². The third-order valence-electron chi connectivity index (χ3n) is 3.88. The molecule has 0 saturated carbocycles. The van der Waals surface area contributed by atoms with Gasteiger partial charge in [-0.25, -0.2) is 13.4 Å². The molecule has 2 aromatic carbocycles. The van der Waals surface area contributed by atoms with Gasteiger partial charge in [0.25, 0.3) is 10.0 Å². The maximum absolute atomic E-state index is 12.7. The summed E-state index contributed by atoms with van der Waals surface area (Å²) in [6.45, 7) is 1.34. The van der Waals surface area contributed by atoms with E-state index in [0.717, 1.165) is 10.1 Å². The number of methoxy groups -OCH3 is 1. The third kappa shape index (κ3) is 5.09. The van der Waals surface area contributed by atoms with Crippen molar-refractivity contribution in [3.8, 4) is 5.75 Å². The van der Waals surface area contributed by atoms with Crippen LogP contribution in [0.15, 0.2) is 69.8 Å². The van der Waals surface area contributed by atoms with Crippen LogP contribution in [-0.4, -0.2) is 31.0 Å². The molecular formula is C19H20N4O4S2. The van der Waals surface area contributed by atoms with Gasteiger partial charge in [-0.1, -0.05) is 11.8 Å². The highest BCUT2D eigenvalue weighted by Gasteiger charge is 2.17. The molecule has 3 rings (SSSR count). The van der Waals surface area contributed by atoms with Crippen LogP contribution in [0.3, 0.4) is 0 Å². The minimum Gasteiger partial charge on any atom is -0.495 e. The number of carbonyl (C=O) groups is 1. The first-order valence-corrected chi connectivity index (χ1v) is 10.8. The molecule has 1 amide bonds. The Hall–Kier alpha value is -2.98. The van der Waals surface area contributed by atoms with Gasteiger partial charge in [0.15, 0.2) is 5.16 Å². The lowest BCUT2D eigenvalue weighted by atomic mass is 10.3. The van der Waals surface area contributed by atoms with Crippen molar-refractivity contribution < 1.29 is 17.9 Å². The Morgan fingerprint density at radius 3 is 2.48 bits per heavy atom. The average Bonchev–Trinajstić information content (AvgIpc) is 3.07. The normalized spacial score (nSPS) is 11.1. The number of sulfonamides is 1. The lowest BCUT2D eigenvalue weighted by Crippen LogP contribution is -2.14. The minimum atomic E-state index is -3.85. The van der Waals surface area contributed by atoms with Crippen LogP contribution in [0.5, 0.6) is 5.75 Å². The van der Waals surface area contributed by atoms with Gasteiger partial charge >= 0.3 is 0 Å². The van der Waals surface area contributed by atoms with Crippen molar-refractivity contribution in [1.82, 2.24) is 9.55 Å². The predicted molar refractivity (Wildman–Crippen MR) is 112 cm³/mol. The molecule has 0 spiro atoms. The summed E-state index contributed by atoms with van der Waals surface area (Å²) >= 11 is 1.48. The molecule has 1 aromatic heterocycles. The molecule has 3 aromatic rings. The fourth-order valence-corrected chi connectivity index (χ4v) is 4.39. The third-order valence-corrected chi connectivity index (χ3v) is 6.35. The Morgan fingerprint density at radius 1 is 1.17 bits per heavy atom. The first-order valence-electron chi connectivity index (χ1n) is 8.52. The smallest absolute Gasteiger partial charge is 0.261 e. The molecule has 152 valence electrons. The fraction of sp³-hybridized carbons (Fsp3) is 0.158. The molecule has 2 N–H and O–H groups in total. The molecule has 29 heavy (non-hydrogen) atoms. The van der Waals surface area contributed by atoms with E-state index < -0.39 is 10.0 Å². The zero-order chi connectivity index (χ0) is 21.0. The fourth-order valence-electron chi connectivity index (χ4n) is 2.50. The van der Waals surface area contributed by atoms with E-state index in [0.29, 0.717) is 11.4 Å². The van der Waals surface area contributed by atoms with E-state index in [9.17, 15) is 13.2 Å². The molecule has 1 heterocycles. The van der Waals surface area contributed by atoms with Gasteiger partial charge in [0.1, 0.15) is 5.75 Å². The molecule has 0 unspecified atom stereocenters. The van der Waals surface area contributed by atoms with Gasteiger partial charge in [0.05, 0.1) is 17.7 Å². The summed E-state index contributed by atoms with van der Waals surface area (Å²) in [6, 6.07) is 11.3. The monoisotopic (exact) mass is 432 g/mol. The van der Waals surface area contributed by atoms with Crippen LogP contribution in [0.1, 0.15) is 6.92 Å². The molecule has 0 aliphatic heterocycles. The van der Waals surface area contributed by atoms with E-state index in [4.69, 9.17) is 4.74 Å². The summed E-state index contributed by atoms with van der Waals surface area (Å²) < 4.78 is 35.1. The molecule has 0 bridgehead atoms. The SMILES string of the molecule is COc1ccc(S(=O)(=O)Nc2ccc(Sc3nccn3C)cc2)cc1NC(C)=O. The second kappa shape index (κ2) is 8.58. The molecule has 10 heteroatoms. The van der Waals surface area contributed by atoms with Crippen molar-refractivity contribution in [2.45, 2.75) is 21.9 Å². The summed E-state index contributed by atoms with van der Waals surface area (Å²) in [5.41, 5.74) is 0.704. The van der Waals surface area contributed by atoms with Crippen molar-refractivity contribution in [2.75, 3.05) is 17.1 Å². The molecule has 0 fully saturated rings. The average molecular weight is 433 g/mol. The summed E-state index contributed by atoms with van der Waals surface area (Å²) in [6.07, 6.45) is 3.57. The summed E-state index contributed by atoms with van der Waals surface area (Å²) in [5, 5.41) is 3.40. The van der Waals surface area contributed by atoms with Crippen molar-refractivity contribution in [2.24, 2.45) is 7.05 Å². The van der Waals surface area contributed by atoms with E-state index in [1.165, 1.54) is 44.0 Å². The maximum atomic E-state index is 12.7. The Kier molecular flexibility index (Phi) is 6.14. The number of benzene rings is 2. The number of anilines is 2. The van der Waals surface area contributed by atoms with E-state index in [1.807, 2.05) is 29.9 Å². The molecular weight excluding hydrogens is 412 g/mol. The van der Waals surface area contributed by atoms with Crippen molar-refractivity contribution in [1.29, 1.82) is 0 Å². The molecule has 0 atom stereocenters. The van der Waals surface area contributed by atoms with Gasteiger partial charge in [-0.05, 0) is 42.5 Å². The highest BCUT2D eigenvalue weighted by Crippen LogP contribution is 2.30. The lowest BCUT2D eigenvalue weighted by molar-refractivity contribution is -0.114. The standard InChI is InChI=1S/C19H20N4O4S2/c1-13(24)21-17-12-16(8-9-18(17)27-3)29(25,26)22-14-4-6-15(7-5-14)28-19-20-10-11-23(19)2/h4-12,22H,1-3H3,(H,21,24). The molecule has 0 aliphatic carbocycles. The van der Waals surface area contributed by atoms with Gasteiger partial charge in [0.2, 0.25) is 5.91 Å². The van der Waals surface area contributed by atoms with E-state index in [-0.39, 0.29) is 16.5 Å². The minimum absolute atomic E-state index is 0.00788. The van der Waals surface area contributed by atoms with Gasteiger partial charge in [-0.3, -0.25) is 9.52 Å². The van der Waals surface area contributed by atoms with Crippen LogP contribution < -0.4 is 14.8 Å². The molecule has 8 nitrogen and oxygen atoms in total. The van der Waals surface area contributed by atoms with Crippen LogP contribution in [0.25, 0.3) is 0 Å². The second-order valence-corrected chi connectivity index (χ2v) is 8.82. The second-order valence-electron chi connectivity index (χ2n) is 6.10. The number of aryl methyl sites for hydroxylation is 1. The number of ether oxygens (including phenoxy) is 1. The van der Waals surface area contributed by atoms with Crippen LogP contribution in [0.4, 0.5) is 11.4 Å². The largest absolute Gasteiger partial charge is 0.495 e. The Bertz CT molecular complexity index is 1130. The lowest BCUT2D eigenvalue weighted by Gasteiger charge is -2.13. The summed E-state index contributed by atoms with van der Waals surface area (Å²) in [7, 11) is -0.499. The van der Waals surface area contributed by atoms with Crippen molar-refractivity contribution >= 4 is 39.1 Å². The quantitative estimate of drug-likeness (QED) is 0.594. The highest BCUT2D eigenvalue weighted by molar-refractivity contribution is 7.99. The van der Waals surface area contributed by atoms with E-state index >= 15 is 0 Å². The zero-order valence-corrected chi connectivity index (χ0v) is 17.7. The summed E-state index contributed by atoms with van der Waals surface area (Å²) in [4.78, 5) is 16.5. The maximum Gasteiger partial charge on any atom is 0.261 e. The van der Waals surface area contributed by atoms with E-state index in [2.05, 4.69) is 15.0 Å². The number of imidazole rings is 1. The van der Waals surface area contributed by atoms with Gasteiger partial charge in [-0.2, -0.15) is 0 Å². The number of aromatic nitrogens is 2.